The number of aliphatic hydroxyl groups is 1. The minimum atomic E-state index is -1.15. The van der Waals surface area contributed by atoms with Crippen LogP contribution in [-0.4, -0.2) is 58.1 Å². The predicted octanol–water partition coefficient (Wildman–Crippen LogP) is -0.167. The number of carbonyl (C=O) groups excluding carboxylic acids is 2. The van der Waals surface area contributed by atoms with Crippen LogP contribution >= 0.6 is 11.3 Å². The first-order valence-electron chi connectivity index (χ1n) is 6.43. The molecule has 1 saturated heterocycles. The zero-order chi connectivity index (χ0) is 15.6. The molecule has 21 heavy (non-hydrogen) atoms. The summed E-state index contributed by atoms with van der Waals surface area (Å²) in [4.78, 5) is 37.4. The Hall–Kier alpha value is -1.93. The molecular weight excluding hydrogens is 296 g/mol. The van der Waals surface area contributed by atoms with Crippen molar-refractivity contribution in [2.24, 2.45) is 0 Å². The summed E-state index contributed by atoms with van der Waals surface area (Å²) in [5.41, 5.74) is 0. The Morgan fingerprint density at radius 2 is 2.14 bits per heavy atom. The second-order valence-corrected chi connectivity index (χ2v) is 6.17. The molecule has 0 bridgehead atoms. The number of nitrogens with zero attached hydrogens (tertiary/aromatic N) is 1. The third-order valence-corrected chi connectivity index (χ3v) is 4.25. The highest BCUT2D eigenvalue weighted by atomic mass is 32.1. The SMILES string of the molecule is Cc1ccc(C(=O)NCC(=O)N2CC(O)CC2C(=O)O)s1. The molecule has 2 unspecified atom stereocenters. The maximum absolute atomic E-state index is 12.0. The lowest BCUT2D eigenvalue weighted by Gasteiger charge is -2.21. The van der Waals surface area contributed by atoms with Gasteiger partial charge in [0.1, 0.15) is 6.04 Å². The summed E-state index contributed by atoms with van der Waals surface area (Å²) >= 11 is 1.31. The van der Waals surface area contributed by atoms with Crippen LogP contribution in [0.1, 0.15) is 21.0 Å². The van der Waals surface area contributed by atoms with E-state index in [0.29, 0.717) is 4.88 Å². The molecule has 0 spiro atoms. The Labute approximate surface area is 125 Å². The molecule has 2 heterocycles. The summed E-state index contributed by atoms with van der Waals surface area (Å²) in [7, 11) is 0. The normalized spacial score (nSPS) is 21.3. The molecule has 0 aliphatic carbocycles. The monoisotopic (exact) mass is 312 g/mol. The Morgan fingerprint density at radius 1 is 1.43 bits per heavy atom. The highest BCUT2D eigenvalue weighted by Gasteiger charge is 2.38. The van der Waals surface area contributed by atoms with Crippen molar-refractivity contribution in [1.82, 2.24) is 10.2 Å². The van der Waals surface area contributed by atoms with Crippen molar-refractivity contribution < 1.29 is 24.6 Å². The zero-order valence-corrected chi connectivity index (χ0v) is 12.2. The summed E-state index contributed by atoms with van der Waals surface area (Å²) in [6, 6.07) is 2.44. The fourth-order valence-electron chi connectivity index (χ4n) is 2.22. The number of hydrogen-bond donors (Lipinski definition) is 3. The highest BCUT2D eigenvalue weighted by Crippen LogP contribution is 2.18. The molecule has 3 N–H and O–H groups in total. The summed E-state index contributed by atoms with van der Waals surface area (Å²) < 4.78 is 0. The van der Waals surface area contributed by atoms with Crippen molar-refractivity contribution in [3.63, 3.8) is 0 Å². The predicted molar refractivity (Wildman–Crippen MR) is 75.1 cm³/mol. The number of carbonyl (C=O) groups is 3. The number of thiophene rings is 1. The number of amides is 2. The number of rotatable bonds is 4. The van der Waals surface area contributed by atoms with E-state index in [1.807, 2.05) is 6.92 Å². The molecule has 8 heteroatoms. The lowest BCUT2D eigenvalue weighted by Crippen LogP contribution is -2.45. The van der Waals surface area contributed by atoms with Crippen molar-refractivity contribution in [1.29, 1.82) is 0 Å². The lowest BCUT2D eigenvalue weighted by atomic mass is 10.2. The Morgan fingerprint density at radius 3 is 2.71 bits per heavy atom. The molecule has 2 rings (SSSR count). The van der Waals surface area contributed by atoms with Gasteiger partial charge in [0.05, 0.1) is 17.5 Å². The number of aliphatic carboxylic acids is 1. The summed E-state index contributed by atoms with van der Waals surface area (Å²) in [5, 5.41) is 21.0. The van der Waals surface area contributed by atoms with E-state index in [0.717, 1.165) is 9.78 Å². The fraction of sp³-hybridized carbons (Fsp3) is 0.462. The van der Waals surface area contributed by atoms with Crippen molar-refractivity contribution in [3.05, 3.63) is 21.9 Å². The van der Waals surface area contributed by atoms with Crippen molar-refractivity contribution in [3.8, 4) is 0 Å². The third kappa shape index (κ3) is 3.59. The molecule has 1 aromatic rings. The maximum atomic E-state index is 12.0. The molecule has 0 radical (unpaired) electrons. The number of carboxylic acids is 1. The van der Waals surface area contributed by atoms with Gasteiger partial charge in [0.2, 0.25) is 5.91 Å². The van der Waals surface area contributed by atoms with Gasteiger partial charge >= 0.3 is 5.97 Å². The number of carboxylic acid groups (broad SMARTS) is 1. The van der Waals surface area contributed by atoms with E-state index in [1.54, 1.807) is 12.1 Å². The molecule has 0 aromatic carbocycles. The third-order valence-electron chi connectivity index (χ3n) is 3.25. The number of nitrogens with one attached hydrogen (secondary N) is 1. The van der Waals surface area contributed by atoms with Gasteiger partial charge in [-0.1, -0.05) is 0 Å². The first-order valence-corrected chi connectivity index (χ1v) is 7.25. The van der Waals surface area contributed by atoms with Gasteiger partial charge in [-0.05, 0) is 19.1 Å². The van der Waals surface area contributed by atoms with Gasteiger partial charge < -0.3 is 20.4 Å². The smallest absolute Gasteiger partial charge is 0.326 e. The average molecular weight is 312 g/mol. The van der Waals surface area contributed by atoms with Crippen molar-refractivity contribution >= 4 is 29.1 Å². The number of aliphatic hydroxyl groups excluding tert-OH is 1. The van der Waals surface area contributed by atoms with Crippen LogP contribution in [0.2, 0.25) is 0 Å². The van der Waals surface area contributed by atoms with E-state index in [1.165, 1.54) is 11.3 Å². The zero-order valence-electron chi connectivity index (χ0n) is 11.4. The van der Waals surface area contributed by atoms with Gasteiger partial charge in [-0.2, -0.15) is 0 Å². The first kappa shape index (κ1) is 15.5. The van der Waals surface area contributed by atoms with Crippen LogP contribution in [0.5, 0.6) is 0 Å². The van der Waals surface area contributed by atoms with Crippen molar-refractivity contribution in [2.45, 2.75) is 25.5 Å². The standard InChI is InChI=1S/C13H16N2O5S/c1-7-2-3-10(21-7)12(18)14-5-11(17)15-6-8(16)4-9(15)13(19)20/h2-3,8-9,16H,4-6H2,1H3,(H,14,18)(H,19,20). The number of hydrogen-bond acceptors (Lipinski definition) is 5. The fourth-order valence-corrected chi connectivity index (χ4v) is 3.01. The Balaban J connectivity index is 1.92. The molecule has 1 aromatic heterocycles. The quantitative estimate of drug-likeness (QED) is 0.716. The molecule has 0 saturated carbocycles. The van der Waals surface area contributed by atoms with Crippen LogP contribution in [0.15, 0.2) is 12.1 Å². The number of aryl methyl sites for hydroxylation is 1. The van der Waals surface area contributed by atoms with Gasteiger partial charge in [0.15, 0.2) is 0 Å². The first-order chi connectivity index (χ1) is 9.88. The van der Waals surface area contributed by atoms with E-state index in [4.69, 9.17) is 5.11 Å². The van der Waals surface area contributed by atoms with E-state index in [-0.39, 0.29) is 25.4 Å². The molecule has 2 amide bonds. The number of β-amino-alcohol motifs (C(OH)–C–C–N with tert-alkyl or cyclic N) is 1. The summed E-state index contributed by atoms with van der Waals surface area (Å²) in [6.07, 6.45) is -0.829. The Kier molecular flexibility index (Phi) is 4.59. The van der Waals surface area contributed by atoms with Gasteiger partial charge in [-0.3, -0.25) is 9.59 Å². The topological polar surface area (TPSA) is 107 Å². The molecule has 1 aliphatic heterocycles. The molecule has 1 aliphatic rings. The van der Waals surface area contributed by atoms with Gasteiger partial charge in [0, 0.05) is 17.8 Å². The molecule has 7 nitrogen and oxygen atoms in total. The molecular formula is C13H16N2O5S. The van der Waals surface area contributed by atoms with E-state index in [9.17, 15) is 19.5 Å². The van der Waals surface area contributed by atoms with E-state index >= 15 is 0 Å². The van der Waals surface area contributed by atoms with Crippen LogP contribution in [0, 0.1) is 6.92 Å². The Bertz CT molecular complexity index is 571. The molecule has 1 fully saturated rings. The number of likely N-dealkylation sites (tertiary alicyclic amines) is 1. The van der Waals surface area contributed by atoms with Gasteiger partial charge in [-0.15, -0.1) is 11.3 Å². The van der Waals surface area contributed by atoms with Crippen molar-refractivity contribution in [2.75, 3.05) is 13.1 Å². The van der Waals surface area contributed by atoms with Gasteiger partial charge in [0.25, 0.3) is 5.91 Å². The second-order valence-electron chi connectivity index (χ2n) is 4.88. The highest BCUT2D eigenvalue weighted by molar-refractivity contribution is 7.13. The largest absolute Gasteiger partial charge is 0.480 e. The van der Waals surface area contributed by atoms with Crippen LogP contribution < -0.4 is 5.32 Å². The summed E-state index contributed by atoms with van der Waals surface area (Å²) in [5.74, 6) is -2.03. The van der Waals surface area contributed by atoms with Gasteiger partial charge in [-0.25, -0.2) is 4.79 Å². The minimum absolute atomic E-state index is 0.0130. The van der Waals surface area contributed by atoms with Crippen LogP contribution in [0.4, 0.5) is 0 Å². The van der Waals surface area contributed by atoms with E-state index in [2.05, 4.69) is 5.32 Å². The summed E-state index contributed by atoms with van der Waals surface area (Å²) in [6.45, 7) is 1.56. The maximum Gasteiger partial charge on any atom is 0.326 e. The average Bonchev–Trinajstić information content (AvgIpc) is 3.01. The minimum Gasteiger partial charge on any atom is -0.480 e. The lowest BCUT2D eigenvalue weighted by molar-refractivity contribution is -0.147. The van der Waals surface area contributed by atoms with Crippen LogP contribution in [0.25, 0.3) is 0 Å². The van der Waals surface area contributed by atoms with Crippen LogP contribution in [0.3, 0.4) is 0 Å². The molecule has 2 atom stereocenters. The molecule has 114 valence electrons. The van der Waals surface area contributed by atoms with E-state index < -0.39 is 24.0 Å². The second kappa shape index (κ2) is 6.23. The van der Waals surface area contributed by atoms with Crippen LogP contribution in [-0.2, 0) is 9.59 Å².